The number of primary amides is 1. The Morgan fingerprint density at radius 2 is 1.69 bits per heavy atom. The van der Waals surface area contributed by atoms with Crippen molar-refractivity contribution < 1.29 is 22.9 Å². The molecule has 0 aliphatic carbocycles. The average Bonchev–Trinajstić information content (AvgIpc) is 1.47. The van der Waals surface area contributed by atoms with E-state index in [-0.39, 0.29) is 6.42 Å². The van der Waals surface area contributed by atoms with E-state index in [1.165, 1.54) is 13.8 Å². The first-order chi connectivity index (χ1) is 5.42. The maximum Gasteiger partial charge on any atom is 0.261 e. The molecular formula is C6H15NO5S. The molecule has 0 saturated heterocycles. The lowest BCUT2D eigenvalue weighted by molar-refractivity contribution is -0.121. The first-order valence-corrected chi connectivity index (χ1v) is 5.20. The van der Waals surface area contributed by atoms with Crippen LogP contribution in [0.2, 0.25) is 0 Å². The van der Waals surface area contributed by atoms with Crippen LogP contribution in [0.3, 0.4) is 0 Å². The number of carbonyl (C=O) groups excluding carboxylic acids is 1. The Labute approximate surface area is 77.5 Å². The molecule has 80 valence electrons. The van der Waals surface area contributed by atoms with Crippen molar-refractivity contribution in [2.75, 3.05) is 6.26 Å². The fourth-order valence-corrected chi connectivity index (χ4v) is 0.426. The van der Waals surface area contributed by atoms with E-state index in [4.69, 9.17) is 15.4 Å². The molecule has 0 aromatic heterocycles. The van der Waals surface area contributed by atoms with Crippen molar-refractivity contribution in [3.8, 4) is 0 Å². The van der Waals surface area contributed by atoms with E-state index in [1.807, 2.05) is 0 Å². The van der Waals surface area contributed by atoms with Crippen LogP contribution in [0.25, 0.3) is 0 Å². The SMILES string of the molecule is CC(C)(O)CC(N)=O.CS(=O)(=O)O. The summed E-state index contributed by atoms with van der Waals surface area (Å²) in [6.45, 7) is 3.08. The number of nitrogens with two attached hydrogens (primary N) is 1. The van der Waals surface area contributed by atoms with Gasteiger partial charge in [0.15, 0.2) is 0 Å². The molecule has 0 saturated carbocycles. The average molecular weight is 213 g/mol. The highest BCUT2D eigenvalue weighted by atomic mass is 32.2. The molecule has 0 aromatic rings. The van der Waals surface area contributed by atoms with Gasteiger partial charge in [-0.3, -0.25) is 9.35 Å². The van der Waals surface area contributed by atoms with Crippen molar-refractivity contribution in [1.29, 1.82) is 0 Å². The Kier molecular flexibility index (Phi) is 5.88. The largest absolute Gasteiger partial charge is 0.390 e. The summed E-state index contributed by atoms with van der Waals surface area (Å²) in [5.74, 6) is -0.475. The zero-order valence-corrected chi connectivity index (χ0v) is 8.63. The molecule has 6 nitrogen and oxygen atoms in total. The molecule has 1 amide bonds. The standard InChI is InChI=1S/C5H11NO2.CH4O3S/c1-5(2,8)3-4(6)7;1-5(2,3)4/h8H,3H2,1-2H3,(H2,6,7);1H3,(H,2,3,4). The highest BCUT2D eigenvalue weighted by Gasteiger charge is 2.14. The Balaban J connectivity index is 0. The predicted molar refractivity (Wildman–Crippen MR) is 47.6 cm³/mol. The summed E-state index contributed by atoms with van der Waals surface area (Å²) >= 11 is 0. The zero-order chi connectivity index (χ0) is 11.3. The number of amides is 1. The fraction of sp³-hybridized carbons (Fsp3) is 0.833. The summed E-state index contributed by atoms with van der Waals surface area (Å²) in [5, 5.41) is 8.89. The van der Waals surface area contributed by atoms with Crippen LogP contribution < -0.4 is 5.73 Å². The molecule has 0 unspecified atom stereocenters. The number of rotatable bonds is 2. The molecule has 0 bridgehead atoms. The molecule has 13 heavy (non-hydrogen) atoms. The summed E-state index contributed by atoms with van der Waals surface area (Å²) in [7, 11) is -3.67. The van der Waals surface area contributed by atoms with Gasteiger partial charge in [-0.05, 0) is 13.8 Å². The summed E-state index contributed by atoms with van der Waals surface area (Å²) in [5.41, 5.74) is 3.83. The zero-order valence-electron chi connectivity index (χ0n) is 7.81. The summed E-state index contributed by atoms with van der Waals surface area (Å²) < 4.78 is 25.9. The van der Waals surface area contributed by atoms with Gasteiger partial charge in [-0.2, -0.15) is 8.42 Å². The van der Waals surface area contributed by atoms with Crippen LogP contribution >= 0.6 is 0 Å². The monoisotopic (exact) mass is 213 g/mol. The van der Waals surface area contributed by atoms with Gasteiger partial charge in [0.1, 0.15) is 0 Å². The van der Waals surface area contributed by atoms with Gasteiger partial charge in [0, 0.05) is 0 Å². The first-order valence-electron chi connectivity index (χ1n) is 3.35. The third-order valence-corrected chi connectivity index (χ3v) is 0.607. The van der Waals surface area contributed by atoms with Crippen molar-refractivity contribution in [2.24, 2.45) is 5.73 Å². The summed E-state index contributed by atoms with van der Waals surface area (Å²) in [4.78, 5) is 10.1. The van der Waals surface area contributed by atoms with Crippen LogP contribution in [0.15, 0.2) is 0 Å². The molecule has 0 spiro atoms. The van der Waals surface area contributed by atoms with Gasteiger partial charge in [-0.15, -0.1) is 0 Å². The maximum atomic E-state index is 10.1. The van der Waals surface area contributed by atoms with Gasteiger partial charge in [-0.25, -0.2) is 0 Å². The van der Waals surface area contributed by atoms with Crippen LogP contribution in [0.4, 0.5) is 0 Å². The topological polar surface area (TPSA) is 118 Å². The minimum absolute atomic E-state index is 0.0208. The van der Waals surface area contributed by atoms with Gasteiger partial charge in [0.05, 0.1) is 18.3 Å². The van der Waals surface area contributed by atoms with E-state index >= 15 is 0 Å². The van der Waals surface area contributed by atoms with E-state index in [1.54, 1.807) is 0 Å². The second kappa shape index (κ2) is 5.15. The Morgan fingerprint density at radius 3 is 1.69 bits per heavy atom. The third kappa shape index (κ3) is 52.5. The predicted octanol–water partition coefficient (Wildman–Crippen LogP) is -0.863. The van der Waals surface area contributed by atoms with E-state index in [0.717, 1.165) is 0 Å². The second-order valence-electron chi connectivity index (χ2n) is 3.19. The van der Waals surface area contributed by atoms with Crippen LogP contribution in [-0.2, 0) is 14.9 Å². The molecule has 0 aromatic carbocycles. The van der Waals surface area contributed by atoms with Gasteiger partial charge in [0.2, 0.25) is 5.91 Å². The lowest BCUT2D eigenvalue weighted by Gasteiger charge is -2.12. The van der Waals surface area contributed by atoms with Crippen molar-refractivity contribution >= 4 is 16.0 Å². The van der Waals surface area contributed by atoms with Crippen LogP contribution in [-0.4, -0.2) is 35.8 Å². The van der Waals surface area contributed by atoms with Crippen LogP contribution in [0, 0.1) is 0 Å². The molecule has 0 atom stereocenters. The van der Waals surface area contributed by atoms with Crippen molar-refractivity contribution in [3.05, 3.63) is 0 Å². The quantitative estimate of drug-likeness (QED) is 0.516. The Morgan fingerprint density at radius 1 is 1.46 bits per heavy atom. The van der Waals surface area contributed by atoms with E-state index in [9.17, 15) is 13.2 Å². The lowest BCUT2D eigenvalue weighted by atomic mass is 10.1. The molecule has 4 N–H and O–H groups in total. The molecule has 0 aliphatic rings. The molecule has 0 heterocycles. The van der Waals surface area contributed by atoms with Crippen LogP contribution in [0.5, 0.6) is 0 Å². The van der Waals surface area contributed by atoms with E-state index in [2.05, 4.69) is 0 Å². The van der Waals surface area contributed by atoms with Crippen molar-refractivity contribution in [2.45, 2.75) is 25.9 Å². The number of hydrogen-bond donors (Lipinski definition) is 3. The van der Waals surface area contributed by atoms with Crippen LogP contribution in [0.1, 0.15) is 20.3 Å². The lowest BCUT2D eigenvalue weighted by Crippen LogP contribution is -2.27. The maximum absolute atomic E-state index is 10.1. The van der Waals surface area contributed by atoms with Gasteiger partial charge in [0.25, 0.3) is 10.1 Å². The van der Waals surface area contributed by atoms with Crippen molar-refractivity contribution in [1.82, 2.24) is 0 Å². The highest BCUT2D eigenvalue weighted by molar-refractivity contribution is 7.85. The fourth-order valence-electron chi connectivity index (χ4n) is 0.426. The molecule has 0 aliphatic heterocycles. The van der Waals surface area contributed by atoms with Gasteiger partial charge in [-0.1, -0.05) is 0 Å². The van der Waals surface area contributed by atoms with Gasteiger partial charge >= 0.3 is 0 Å². The Hall–Kier alpha value is -0.660. The number of aliphatic hydroxyl groups is 1. The number of hydrogen-bond acceptors (Lipinski definition) is 4. The second-order valence-corrected chi connectivity index (χ2v) is 4.65. The molecule has 7 heteroatoms. The molecule has 0 radical (unpaired) electrons. The minimum atomic E-state index is -3.67. The smallest absolute Gasteiger partial charge is 0.261 e. The summed E-state index contributed by atoms with van der Waals surface area (Å²) in [6, 6.07) is 0. The van der Waals surface area contributed by atoms with Gasteiger partial charge < -0.3 is 10.8 Å². The molecular weight excluding hydrogens is 198 g/mol. The molecule has 0 rings (SSSR count). The normalized spacial score (nSPS) is 11.5. The summed E-state index contributed by atoms with van der Waals surface area (Å²) in [6.07, 6.45) is 0.736. The van der Waals surface area contributed by atoms with E-state index < -0.39 is 21.6 Å². The molecule has 0 fully saturated rings. The van der Waals surface area contributed by atoms with Crippen molar-refractivity contribution in [3.63, 3.8) is 0 Å². The third-order valence-electron chi connectivity index (χ3n) is 0.607. The highest BCUT2D eigenvalue weighted by Crippen LogP contribution is 2.04. The minimum Gasteiger partial charge on any atom is -0.390 e. The number of carbonyl (C=O) groups is 1. The Bertz CT molecular complexity index is 243. The first kappa shape index (κ1) is 14.8. The van der Waals surface area contributed by atoms with E-state index in [0.29, 0.717) is 6.26 Å².